The Morgan fingerprint density at radius 1 is 0.906 bits per heavy atom. The first-order chi connectivity index (χ1) is 15.5. The largest absolute Gasteiger partial charge is 0.494 e. The third kappa shape index (κ3) is 5.84. The summed E-state index contributed by atoms with van der Waals surface area (Å²) < 4.78 is 5.78. The zero-order valence-electron chi connectivity index (χ0n) is 18.7. The molecule has 6 heteroatoms. The van der Waals surface area contributed by atoms with Gasteiger partial charge in [0.1, 0.15) is 11.3 Å². The Labute approximate surface area is 189 Å². The van der Waals surface area contributed by atoms with E-state index in [1.54, 1.807) is 37.3 Å². The number of hydrogen-bond acceptors (Lipinski definition) is 4. The van der Waals surface area contributed by atoms with Gasteiger partial charge in [0.15, 0.2) is 0 Å². The number of barbiturate groups is 1. The van der Waals surface area contributed by atoms with Crippen LogP contribution in [-0.2, 0) is 9.59 Å². The molecule has 0 radical (unpaired) electrons. The highest BCUT2D eigenvalue weighted by atomic mass is 16.5. The summed E-state index contributed by atoms with van der Waals surface area (Å²) in [6, 6.07) is 13.5. The molecule has 4 amide bonds. The number of anilines is 1. The third-order valence-electron chi connectivity index (χ3n) is 5.42. The Hall–Kier alpha value is -3.41. The van der Waals surface area contributed by atoms with E-state index in [9.17, 15) is 14.4 Å². The summed E-state index contributed by atoms with van der Waals surface area (Å²) in [6.45, 7) is 4.68. The van der Waals surface area contributed by atoms with Crippen LogP contribution >= 0.6 is 0 Å². The fourth-order valence-electron chi connectivity index (χ4n) is 3.59. The van der Waals surface area contributed by atoms with E-state index in [0.717, 1.165) is 29.1 Å². The molecule has 1 N–H and O–H groups in total. The number of nitrogens with one attached hydrogen (secondary N) is 1. The molecule has 0 saturated carbocycles. The first-order valence-corrected chi connectivity index (χ1v) is 11.2. The standard InChI is InChI=1S/C26H30N2O4/c1-3-4-5-6-7-10-17-32-21-15-13-20(14-16-21)18-22-24(29)27-26(31)28(25(22)30)23-12-9-8-11-19(23)2/h8-9,11-16,18H,3-7,10,17H2,1-2H3,(H,27,29,31)/b22-18+. The van der Waals surface area contributed by atoms with Crippen molar-refractivity contribution >= 4 is 29.6 Å². The zero-order valence-corrected chi connectivity index (χ0v) is 18.7. The summed E-state index contributed by atoms with van der Waals surface area (Å²) >= 11 is 0. The summed E-state index contributed by atoms with van der Waals surface area (Å²) in [7, 11) is 0. The van der Waals surface area contributed by atoms with Crippen LogP contribution in [0.2, 0.25) is 0 Å². The van der Waals surface area contributed by atoms with Crippen molar-refractivity contribution < 1.29 is 19.1 Å². The molecule has 2 aromatic carbocycles. The van der Waals surface area contributed by atoms with Crippen molar-refractivity contribution in [3.8, 4) is 5.75 Å². The van der Waals surface area contributed by atoms with Crippen LogP contribution in [-0.4, -0.2) is 24.5 Å². The number of para-hydroxylation sites is 1. The van der Waals surface area contributed by atoms with Gasteiger partial charge in [-0.15, -0.1) is 0 Å². The van der Waals surface area contributed by atoms with Gasteiger partial charge in [0.05, 0.1) is 12.3 Å². The fourth-order valence-corrected chi connectivity index (χ4v) is 3.59. The summed E-state index contributed by atoms with van der Waals surface area (Å²) in [4.78, 5) is 38.7. The number of carbonyl (C=O) groups is 3. The lowest BCUT2D eigenvalue weighted by Gasteiger charge is -2.27. The number of hydrogen-bond donors (Lipinski definition) is 1. The van der Waals surface area contributed by atoms with Crippen LogP contribution in [0.3, 0.4) is 0 Å². The van der Waals surface area contributed by atoms with Gasteiger partial charge >= 0.3 is 6.03 Å². The molecule has 168 valence electrons. The van der Waals surface area contributed by atoms with E-state index in [4.69, 9.17) is 4.74 Å². The van der Waals surface area contributed by atoms with Gasteiger partial charge in [-0.05, 0) is 48.7 Å². The van der Waals surface area contributed by atoms with Gasteiger partial charge in [-0.2, -0.15) is 0 Å². The Balaban J connectivity index is 1.65. The van der Waals surface area contributed by atoms with Crippen molar-refractivity contribution in [2.75, 3.05) is 11.5 Å². The molecule has 6 nitrogen and oxygen atoms in total. The van der Waals surface area contributed by atoms with Crippen LogP contribution < -0.4 is 15.0 Å². The molecule has 0 atom stereocenters. The Kier molecular flexibility index (Phi) is 8.20. The summed E-state index contributed by atoms with van der Waals surface area (Å²) in [5, 5.41) is 2.25. The highest BCUT2D eigenvalue weighted by molar-refractivity contribution is 6.39. The number of unbranched alkanes of at least 4 members (excludes halogenated alkanes) is 5. The van der Waals surface area contributed by atoms with Crippen molar-refractivity contribution in [2.45, 2.75) is 52.4 Å². The summed E-state index contributed by atoms with van der Waals surface area (Å²) in [5.74, 6) is -0.596. The number of aryl methyl sites for hydroxylation is 1. The predicted molar refractivity (Wildman–Crippen MR) is 125 cm³/mol. The van der Waals surface area contributed by atoms with Crippen LogP contribution in [0, 0.1) is 6.92 Å². The van der Waals surface area contributed by atoms with Gasteiger partial charge in [-0.25, -0.2) is 9.69 Å². The lowest BCUT2D eigenvalue weighted by Crippen LogP contribution is -2.54. The maximum atomic E-state index is 13.0. The maximum absolute atomic E-state index is 13.0. The van der Waals surface area contributed by atoms with E-state index in [1.165, 1.54) is 31.8 Å². The number of nitrogens with zero attached hydrogens (tertiary/aromatic N) is 1. The van der Waals surface area contributed by atoms with Gasteiger partial charge in [-0.3, -0.25) is 14.9 Å². The Bertz CT molecular complexity index is 995. The number of benzene rings is 2. The van der Waals surface area contributed by atoms with Gasteiger partial charge in [0.25, 0.3) is 11.8 Å². The van der Waals surface area contributed by atoms with Crippen LogP contribution in [0.5, 0.6) is 5.75 Å². The molecule has 3 rings (SSSR count). The molecule has 0 aromatic heterocycles. The van der Waals surface area contributed by atoms with E-state index < -0.39 is 17.8 Å². The molecule has 0 unspecified atom stereocenters. The first-order valence-electron chi connectivity index (χ1n) is 11.2. The van der Waals surface area contributed by atoms with Gasteiger partial charge in [0, 0.05) is 0 Å². The maximum Gasteiger partial charge on any atom is 0.335 e. The molecule has 0 spiro atoms. The molecule has 1 fully saturated rings. The quantitative estimate of drug-likeness (QED) is 0.309. The van der Waals surface area contributed by atoms with Crippen molar-refractivity contribution in [3.63, 3.8) is 0 Å². The molecule has 0 bridgehead atoms. The molecule has 1 saturated heterocycles. The van der Waals surface area contributed by atoms with Crippen LogP contribution in [0.25, 0.3) is 6.08 Å². The minimum atomic E-state index is -0.745. The minimum Gasteiger partial charge on any atom is -0.494 e. The van der Waals surface area contributed by atoms with Gasteiger partial charge in [-0.1, -0.05) is 69.4 Å². The number of urea groups is 1. The van der Waals surface area contributed by atoms with Crippen LogP contribution in [0.1, 0.15) is 56.6 Å². The van der Waals surface area contributed by atoms with Crippen LogP contribution in [0.4, 0.5) is 10.5 Å². The molecule has 2 aromatic rings. The average Bonchev–Trinajstić information content (AvgIpc) is 2.78. The molecular formula is C26H30N2O4. The lowest BCUT2D eigenvalue weighted by molar-refractivity contribution is -0.122. The van der Waals surface area contributed by atoms with Crippen molar-refractivity contribution in [2.24, 2.45) is 0 Å². The van der Waals surface area contributed by atoms with Gasteiger partial charge < -0.3 is 4.74 Å². The summed E-state index contributed by atoms with van der Waals surface area (Å²) in [5.41, 5.74) is 1.80. The number of carbonyl (C=O) groups excluding carboxylic acids is 3. The minimum absolute atomic E-state index is 0.0893. The highest BCUT2D eigenvalue weighted by Crippen LogP contribution is 2.25. The second kappa shape index (κ2) is 11.3. The Morgan fingerprint density at radius 3 is 2.31 bits per heavy atom. The molecule has 32 heavy (non-hydrogen) atoms. The summed E-state index contributed by atoms with van der Waals surface area (Å²) in [6.07, 6.45) is 8.72. The van der Waals surface area contributed by atoms with Crippen molar-refractivity contribution in [1.29, 1.82) is 0 Å². The van der Waals surface area contributed by atoms with E-state index in [1.807, 2.05) is 18.2 Å². The third-order valence-corrected chi connectivity index (χ3v) is 5.42. The van der Waals surface area contributed by atoms with Crippen molar-refractivity contribution in [3.05, 3.63) is 65.2 Å². The highest BCUT2D eigenvalue weighted by Gasteiger charge is 2.37. The van der Waals surface area contributed by atoms with E-state index in [2.05, 4.69) is 12.2 Å². The SMILES string of the molecule is CCCCCCCCOc1ccc(/C=C2\C(=O)NC(=O)N(c3ccccc3C)C2=O)cc1. The fraction of sp³-hybridized carbons (Fsp3) is 0.346. The number of ether oxygens (including phenoxy) is 1. The zero-order chi connectivity index (χ0) is 22.9. The first kappa shape index (κ1) is 23.3. The second-order valence-electron chi connectivity index (χ2n) is 7.93. The molecular weight excluding hydrogens is 404 g/mol. The van der Waals surface area contributed by atoms with Crippen LogP contribution in [0.15, 0.2) is 54.1 Å². The topological polar surface area (TPSA) is 75.7 Å². The Morgan fingerprint density at radius 2 is 1.59 bits per heavy atom. The normalized spacial score (nSPS) is 15.2. The van der Waals surface area contributed by atoms with E-state index >= 15 is 0 Å². The predicted octanol–water partition coefficient (Wildman–Crippen LogP) is 5.40. The number of amides is 4. The number of imide groups is 2. The molecule has 1 aliphatic rings. The molecule has 1 heterocycles. The number of rotatable bonds is 10. The van der Waals surface area contributed by atoms with E-state index in [0.29, 0.717) is 17.9 Å². The smallest absolute Gasteiger partial charge is 0.335 e. The molecule has 1 aliphatic heterocycles. The monoisotopic (exact) mass is 434 g/mol. The average molecular weight is 435 g/mol. The second-order valence-corrected chi connectivity index (χ2v) is 7.93. The van der Waals surface area contributed by atoms with Crippen molar-refractivity contribution in [1.82, 2.24) is 5.32 Å². The van der Waals surface area contributed by atoms with Gasteiger partial charge in [0.2, 0.25) is 0 Å². The lowest BCUT2D eigenvalue weighted by atomic mass is 10.1. The molecule has 0 aliphatic carbocycles. The van der Waals surface area contributed by atoms with E-state index in [-0.39, 0.29) is 5.57 Å².